The fourth-order valence-electron chi connectivity index (χ4n) is 5.49. The number of para-hydroxylation sites is 1. The highest BCUT2D eigenvalue weighted by Gasteiger charge is 2.36. The maximum atomic E-state index is 13.4. The number of fused-ring (bicyclic) bond motifs is 2. The summed E-state index contributed by atoms with van der Waals surface area (Å²) in [6.45, 7) is 6.41. The quantitative estimate of drug-likeness (QED) is 0.640. The summed E-state index contributed by atoms with van der Waals surface area (Å²) in [4.78, 5) is 15.4. The molecule has 0 aliphatic carbocycles. The molecule has 1 amide bonds. The Hall–Kier alpha value is -3.73. The molecule has 4 heterocycles. The smallest absolute Gasteiger partial charge is 0.244 e. The molecule has 3 unspecified atom stereocenters. The van der Waals surface area contributed by atoms with Crippen LogP contribution >= 0.6 is 0 Å². The number of nitriles is 1. The molecule has 1 aromatic carbocycles. The number of nitrogens with two attached hydrogens (primary N) is 1. The molecule has 0 bridgehead atoms. The van der Waals surface area contributed by atoms with E-state index in [-0.39, 0.29) is 30.4 Å². The van der Waals surface area contributed by atoms with E-state index in [0.717, 1.165) is 47.0 Å². The predicted octanol–water partition coefficient (Wildman–Crippen LogP) is 3.68. The van der Waals surface area contributed by atoms with Gasteiger partial charge in [0.25, 0.3) is 0 Å². The Morgan fingerprint density at radius 1 is 1.30 bits per heavy atom. The molecular formula is C25H28N6O2. The van der Waals surface area contributed by atoms with E-state index >= 15 is 0 Å². The molecule has 3 atom stereocenters. The Morgan fingerprint density at radius 2 is 2.03 bits per heavy atom. The number of likely N-dealkylation sites (tertiary alicyclic amines) is 1. The van der Waals surface area contributed by atoms with E-state index < -0.39 is 5.92 Å². The summed E-state index contributed by atoms with van der Waals surface area (Å²) in [5, 5.41) is 18.1. The van der Waals surface area contributed by atoms with Gasteiger partial charge < -0.3 is 19.9 Å². The van der Waals surface area contributed by atoms with Crippen LogP contribution in [0.4, 0.5) is 0 Å². The summed E-state index contributed by atoms with van der Waals surface area (Å²) < 4.78 is 7.62. The minimum Gasteiger partial charge on any atom is -0.420 e. The molecule has 0 radical (unpaired) electrons. The van der Waals surface area contributed by atoms with Gasteiger partial charge in [0.1, 0.15) is 18.2 Å². The molecule has 3 aromatic rings. The van der Waals surface area contributed by atoms with Crippen molar-refractivity contribution in [1.82, 2.24) is 19.7 Å². The highest BCUT2D eigenvalue weighted by Crippen LogP contribution is 2.45. The third-order valence-electron chi connectivity index (χ3n) is 7.05. The van der Waals surface area contributed by atoms with Gasteiger partial charge in [0.15, 0.2) is 0 Å². The first-order valence-corrected chi connectivity index (χ1v) is 11.4. The lowest BCUT2D eigenvalue weighted by molar-refractivity contribution is -0.137. The van der Waals surface area contributed by atoms with Crippen LogP contribution in [0.25, 0.3) is 10.9 Å². The Balaban J connectivity index is 1.61. The Kier molecular flexibility index (Phi) is 5.12. The van der Waals surface area contributed by atoms with E-state index in [9.17, 15) is 10.1 Å². The molecule has 2 aliphatic rings. The number of allylic oxidation sites excluding steroid dienone is 1. The largest absolute Gasteiger partial charge is 0.420 e. The molecule has 0 spiro atoms. The van der Waals surface area contributed by atoms with Crippen LogP contribution in [0.2, 0.25) is 0 Å². The number of piperidine rings is 1. The second-order valence-corrected chi connectivity index (χ2v) is 9.15. The van der Waals surface area contributed by atoms with Crippen molar-refractivity contribution in [3.63, 3.8) is 0 Å². The van der Waals surface area contributed by atoms with Crippen molar-refractivity contribution in [3.05, 3.63) is 58.7 Å². The van der Waals surface area contributed by atoms with Gasteiger partial charge in [-0.3, -0.25) is 9.89 Å². The second-order valence-electron chi connectivity index (χ2n) is 9.15. The average molecular weight is 445 g/mol. The van der Waals surface area contributed by atoms with E-state index in [1.54, 1.807) is 0 Å². The van der Waals surface area contributed by atoms with Crippen molar-refractivity contribution >= 4 is 16.8 Å². The number of H-pyrrole nitrogens is 1. The number of rotatable bonds is 3. The van der Waals surface area contributed by atoms with E-state index in [4.69, 9.17) is 10.5 Å². The van der Waals surface area contributed by atoms with Crippen molar-refractivity contribution in [2.24, 2.45) is 5.73 Å². The van der Waals surface area contributed by atoms with Gasteiger partial charge in [0.2, 0.25) is 17.7 Å². The van der Waals surface area contributed by atoms with E-state index in [1.165, 1.54) is 0 Å². The molecule has 1 fully saturated rings. The van der Waals surface area contributed by atoms with Crippen LogP contribution in [0.5, 0.6) is 5.88 Å². The standard InChI is InChI=1S/C25H28N6O2/c1-14-7-6-8-15(2)31(14)21(32)13-30-12-19(17-9-4-5-10-20(17)30)23-18(11-26)24(27)33-25-22(23)16(3)28-29-25/h4-5,9-10,12,14-15,23H,6-8,13,27H2,1-3H3,(H,28,29). The number of carbonyl (C=O) groups excluding carboxylic acids is 1. The second kappa shape index (κ2) is 8.00. The number of ether oxygens (including phenoxy) is 1. The fourth-order valence-corrected chi connectivity index (χ4v) is 5.49. The van der Waals surface area contributed by atoms with Gasteiger partial charge in [-0.15, -0.1) is 5.10 Å². The monoisotopic (exact) mass is 444 g/mol. The van der Waals surface area contributed by atoms with Gasteiger partial charge in [-0.2, -0.15) is 5.26 Å². The Morgan fingerprint density at radius 3 is 2.76 bits per heavy atom. The number of aromatic nitrogens is 3. The molecule has 2 aliphatic heterocycles. The summed E-state index contributed by atoms with van der Waals surface area (Å²) >= 11 is 0. The van der Waals surface area contributed by atoms with Crippen LogP contribution in [-0.2, 0) is 11.3 Å². The summed E-state index contributed by atoms with van der Waals surface area (Å²) in [6, 6.07) is 10.7. The van der Waals surface area contributed by atoms with E-state index in [2.05, 4.69) is 30.1 Å². The highest BCUT2D eigenvalue weighted by molar-refractivity contribution is 5.88. The maximum Gasteiger partial charge on any atom is 0.244 e. The van der Waals surface area contributed by atoms with Crippen LogP contribution < -0.4 is 10.5 Å². The van der Waals surface area contributed by atoms with Crippen LogP contribution in [0.3, 0.4) is 0 Å². The lowest BCUT2D eigenvalue weighted by Crippen LogP contribution is -2.48. The van der Waals surface area contributed by atoms with Crippen molar-refractivity contribution in [2.45, 2.75) is 64.6 Å². The molecular weight excluding hydrogens is 416 g/mol. The van der Waals surface area contributed by atoms with Crippen LogP contribution in [0, 0.1) is 18.3 Å². The predicted molar refractivity (Wildman–Crippen MR) is 124 cm³/mol. The average Bonchev–Trinajstić information content (AvgIpc) is 3.33. The Bertz CT molecular complexity index is 1300. The van der Waals surface area contributed by atoms with Crippen molar-refractivity contribution in [2.75, 3.05) is 0 Å². The highest BCUT2D eigenvalue weighted by atomic mass is 16.5. The molecule has 1 saturated heterocycles. The number of nitrogens with one attached hydrogen (secondary N) is 1. The fraction of sp³-hybridized carbons (Fsp3) is 0.400. The number of benzene rings is 1. The maximum absolute atomic E-state index is 13.4. The van der Waals surface area contributed by atoms with Crippen molar-refractivity contribution < 1.29 is 9.53 Å². The first kappa shape index (κ1) is 21.1. The minimum atomic E-state index is -0.424. The number of aromatic amines is 1. The molecule has 8 heteroatoms. The molecule has 3 N–H and O–H groups in total. The molecule has 170 valence electrons. The zero-order valence-electron chi connectivity index (χ0n) is 19.1. The molecule has 5 rings (SSSR count). The normalized spacial score (nSPS) is 22.7. The lowest BCUT2D eigenvalue weighted by Gasteiger charge is -2.39. The van der Waals surface area contributed by atoms with E-state index in [0.29, 0.717) is 11.5 Å². The topological polar surface area (TPSA) is 113 Å². The Labute approximate surface area is 192 Å². The SMILES string of the molecule is Cc1[nH]nc2c1C(c1cn(CC(=O)N3C(C)CCCC3C)c3ccccc13)C(C#N)=C(N)O2. The van der Waals surface area contributed by atoms with Gasteiger partial charge in [0.05, 0.1) is 5.92 Å². The van der Waals surface area contributed by atoms with Gasteiger partial charge in [-0.25, -0.2) is 0 Å². The molecule has 8 nitrogen and oxygen atoms in total. The lowest BCUT2D eigenvalue weighted by atomic mass is 9.84. The first-order valence-electron chi connectivity index (χ1n) is 11.4. The summed E-state index contributed by atoms with van der Waals surface area (Å²) in [5.41, 5.74) is 9.94. The number of carbonyl (C=O) groups is 1. The summed E-state index contributed by atoms with van der Waals surface area (Å²) in [7, 11) is 0. The summed E-state index contributed by atoms with van der Waals surface area (Å²) in [5.74, 6) is 0.138. The van der Waals surface area contributed by atoms with Gasteiger partial charge in [0, 0.05) is 40.4 Å². The number of hydrogen-bond donors (Lipinski definition) is 2. The molecule has 2 aromatic heterocycles. The van der Waals surface area contributed by atoms with Crippen LogP contribution in [0.1, 0.15) is 55.8 Å². The zero-order valence-corrected chi connectivity index (χ0v) is 19.1. The minimum absolute atomic E-state index is 0.0605. The van der Waals surface area contributed by atoms with Crippen LogP contribution in [-0.4, -0.2) is 37.7 Å². The third kappa shape index (κ3) is 3.35. The zero-order chi connectivity index (χ0) is 23.3. The van der Waals surface area contributed by atoms with Crippen LogP contribution in [0.15, 0.2) is 41.9 Å². The number of aryl methyl sites for hydroxylation is 1. The number of amides is 1. The van der Waals surface area contributed by atoms with E-state index in [1.807, 2.05) is 46.9 Å². The van der Waals surface area contributed by atoms with Gasteiger partial charge in [-0.1, -0.05) is 18.2 Å². The third-order valence-corrected chi connectivity index (χ3v) is 7.05. The summed E-state index contributed by atoms with van der Waals surface area (Å²) in [6.07, 6.45) is 5.21. The van der Waals surface area contributed by atoms with Crippen molar-refractivity contribution in [1.29, 1.82) is 5.26 Å². The first-order chi connectivity index (χ1) is 15.9. The molecule has 33 heavy (non-hydrogen) atoms. The number of hydrogen-bond acceptors (Lipinski definition) is 5. The van der Waals surface area contributed by atoms with Gasteiger partial charge >= 0.3 is 0 Å². The van der Waals surface area contributed by atoms with Crippen molar-refractivity contribution in [3.8, 4) is 11.9 Å². The number of nitrogens with zero attached hydrogens (tertiary/aromatic N) is 4. The molecule has 0 saturated carbocycles. The van der Waals surface area contributed by atoms with Gasteiger partial charge in [-0.05, 0) is 51.7 Å².